The highest BCUT2D eigenvalue weighted by Crippen LogP contribution is 2.27. The maximum Gasteiger partial charge on any atom is 0.243 e. The summed E-state index contributed by atoms with van der Waals surface area (Å²) in [4.78, 5) is 17.8. The highest BCUT2D eigenvalue weighted by Gasteiger charge is 2.35. The molecule has 0 spiro atoms. The second-order valence-electron chi connectivity index (χ2n) is 9.54. The minimum absolute atomic E-state index is 0.0477. The van der Waals surface area contributed by atoms with Crippen LogP contribution in [0, 0.1) is 5.92 Å². The van der Waals surface area contributed by atoms with Crippen molar-refractivity contribution < 1.29 is 17.9 Å². The van der Waals surface area contributed by atoms with E-state index in [2.05, 4.69) is 4.90 Å². The van der Waals surface area contributed by atoms with Gasteiger partial charge in [-0.1, -0.05) is 23.7 Å². The van der Waals surface area contributed by atoms with Crippen LogP contribution in [-0.4, -0.2) is 87.0 Å². The summed E-state index contributed by atoms with van der Waals surface area (Å²) < 4.78 is 33.5. The summed E-state index contributed by atoms with van der Waals surface area (Å²) >= 11 is 6.04. The van der Waals surface area contributed by atoms with Gasteiger partial charge in [-0.25, -0.2) is 8.42 Å². The highest BCUT2D eigenvalue weighted by molar-refractivity contribution is 7.89. The van der Waals surface area contributed by atoms with Gasteiger partial charge in [0.15, 0.2) is 0 Å². The first-order chi connectivity index (χ1) is 16.4. The minimum Gasteiger partial charge on any atom is -0.381 e. The molecule has 3 aliphatic heterocycles. The lowest BCUT2D eigenvalue weighted by molar-refractivity contribution is -0.138. The molecule has 9 heteroatoms. The first-order valence-corrected chi connectivity index (χ1v) is 14.0. The maximum absolute atomic E-state index is 13.2. The number of carbonyl (C=O) groups excluding carboxylic acids is 1. The molecular formula is C25H32ClN3O4S. The van der Waals surface area contributed by atoms with Crippen LogP contribution in [0.3, 0.4) is 0 Å². The van der Waals surface area contributed by atoms with Gasteiger partial charge in [0.05, 0.1) is 4.90 Å². The minimum atomic E-state index is -3.61. The van der Waals surface area contributed by atoms with Crippen molar-refractivity contribution in [3.8, 4) is 0 Å². The number of piperidine rings is 1. The van der Waals surface area contributed by atoms with Gasteiger partial charge in [-0.15, -0.1) is 0 Å². The van der Waals surface area contributed by atoms with E-state index in [0.717, 1.165) is 62.8 Å². The van der Waals surface area contributed by atoms with E-state index in [4.69, 9.17) is 16.3 Å². The van der Waals surface area contributed by atoms with E-state index in [1.165, 1.54) is 4.31 Å². The van der Waals surface area contributed by atoms with Gasteiger partial charge in [0.1, 0.15) is 0 Å². The van der Waals surface area contributed by atoms with Crippen molar-refractivity contribution in [2.45, 2.75) is 36.6 Å². The molecule has 0 atom stereocenters. The molecule has 184 valence electrons. The number of benzene rings is 2. The first kappa shape index (κ1) is 24.0. The molecule has 1 amide bonds. The van der Waals surface area contributed by atoms with Crippen LogP contribution < -0.4 is 0 Å². The Hall–Kier alpha value is -1.71. The molecule has 0 saturated carbocycles. The molecule has 0 aromatic heterocycles. The summed E-state index contributed by atoms with van der Waals surface area (Å²) in [5.41, 5.74) is 0. The number of carbonyl (C=O) groups is 1. The number of sulfonamides is 1. The van der Waals surface area contributed by atoms with Crippen molar-refractivity contribution in [1.82, 2.24) is 14.1 Å². The molecule has 7 nitrogen and oxygen atoms in total. The molecule has 5 rings (SSSR count). The Bertz CT molecular complexity index is 1140. The molecule has 0 N–H and O–H groups in total. The fourth-order valence-electron chi connectivity index (χ4n) is 5.47. The second-order valence-corrected chi connectivity index (χ2v) is 11.9. The lowest BCUT2D eigenvalue weighted by atomic mass is 9.93. The van der Waals surface area contributed by atoms with Crippen molar-refractivity contribution in [2.24, 2.45) is 5.92 Å². The Kier molecular flexibility index (Phi) is 7.14. The number of amides is 1. The van der Waals surface area contributed by atoms with E-state index in [9.17, 15) is 13.2 Å². The Morgan fingerprint density at radius 2 is 1.50 bits per heavy atom. The molecule has 3 fully saturated rings. The predicted molar refractivity (Wildman–Crippen MR) is 132 cm³/mol. The van der Waals surface area contributed by atoms with Crippen LogP contribution in [0.25, 0.3) is 10.8 Å². The Balaban J connectivity index is 1.17. The number of hydrogen-bond acceptors (Lipinski definition) is 5. The van der Waals surface area contributed by atoms with Gasteiger partial charge in [0, 0.05) is 56.4 Å². The van der Waals surface area contributed by atoms with Crippen molar-refractivity contribution in [3.63, 3.8) is 0 Å². The Morgan fingerprint density at radius 1 is 0.853 bits per heavy atom. The van der Waals surface area contributed by atoms with E-state index in [0.29, 0.717) is 37.2 Å². The van der Waals surface area contributed by atoms with Crippen molar-refractivity contribution in [3.05, 3.63) is 41.4 Å². The quantitative estimate of drug-likeness (QED) is 0.638. The first-order valence-electron chi connectivity index (χ1n) is 12.2. The van der Waals surface area contributed by atoms with Crippen LogP contribution in [-0.2, 0) is 19.6 Å². The van der Waals surface area contributed by atoms with Crippen molar-refractivity contribution >= 4 is 38.3 Å². The number of hydrogen-bond donors (Lipinski definition) is 0. The number of nitrogens with zero attached hydrogens (tertiary/aromatic N) is 3. The van der Waals surface area contributed by atoms with Crippen LogP contribution >= 0.6 is 11.6 Å². The number of rotatable bonds is 4. The van der Waals surface area contributed by atoms with Gasteiger partial charge in [0.2, 0.25) is 15.9 Å². The fourth-order valence-corrected chi connectivity index (χ4v) is 7.11. The zero-order chi connectivity index (χ0) is 23.7. The van der Waals surface area contributed by atoms with Crippen molar-refractivity contribution in [1.29, 1.82) is 0 Å². The van der Waals surface area contributed by atoms with E-state index < -0.39 is 10.0 Å². The summed E-state index contributed by atoms with van der Waals surface area (Å²) in [5.74, 6) is 0.234. The number of likely N-dealkylation sites (tertiary alicyclic amines) is 1. The number of ether oxygens (including phenoxy) is 1. The van der Waals surface area contributed by atoms with Crippen molar-refractivity contribution in [2.75, 3.05) is 52.5 Å². The third kappa shape index (κ3) is 4.97. The summed E-state index contributed by atoms with van der Waals surface area (Å²) in [5, 5.41) is 2.37. The van der Waals surface area contributed by atoms with Gasteiger partial charge in [0.25, 0.3) is 0 Å². The lowest BCUT2D eigenvalue weighted by Gasteiger charge is -2.41. The molecule has 3 aliphatic rings. The topological polar surface area (TPSA) is 70.2 Å². The molecule has 2 aromatic rings. The van der Waals surface area contributed by atoms with E-state index in [1.54, 1.807) is 24.3 Å². The van der Waals surface area contributed by atoms with Crippen LogP contribution in [0.4, 0.5) is 0 Å². The molecule has 3 saturated heterocycles. The Labute approximate surface area is 206 Å². The zero-order valence-electron chi connectivity index (χ0n) is 19.4. The monoisotopic (exact) mass is 505 g/mol. The van der Waals surface area contributed by atoms with Gasteiger partial charge in [-0.3, -0.25) is 4.79 Å². The van der Waals surface area contributed by atoms with Gasteiger partial charge in [-0.05, 0) is 73.8 Å². The molecule has 34 heavy (non-hydrogen) atoms. The maximum atomic E-state index is 13.2. The summed E-state index contributed by atoms with van der Waals surface area (Å²) in [6, 6.07) is 11.1. The number of fused-ring (bicyclic) bond motifs is 1. The average Bonchev–Trinajstić information content (AvgIpc) is 2.88. The van der Waals surface area contributed by atoms with Gasteiger partial charge < -0.3 is 14.5 Å². The molecule has 0 bridgehead atoms. The zero-order valence-corrected chi connectivity index (χ0v) is 20.9. The normalized spacial score (nSPS) is 22.3. The third-order valence-corrected chi connectivity index (χ3v) is 9.68. The SMILES string of the molecule is O=C(C1CCN(C2CCOCC2)CC1)N1CCN(S(=O)(=O)c2ccc3cc(Cl)ccc3c2)CC1. The average molecular weight is 506 g/mol. The van der Waals surface area contributed by atoms with Gasteiger partial charge in [-0.2, -0.15) is 4.31 Å². The summed E-state index contributed by atoms with van der Waals surface area (Å²) in [6.07, 6.45) is 3.94. The molecule has 0 unspecified atom stereocenters. The van der Waals surface area contributed by atoms with Crippen LogP contribution in [0.5, 0.6) is 0 Å². The smallest absolute Gasteiger partial charge is 0.243 e. The van der Waals surface area contributed by atoms with E-state index in [1.807, 2.05) is 17.0 Å². The van der Waals surface area contributed by atoms with Crippen LogP contribution in [0.15, 0.2) is 41.3 Å². The molecule has 3 heterocycles. The Morgan fingerprint density at radius 3 is 2.21 bits per heavy atom. The van der Waals surface area contributed by atoms with Gasteiger partial charge >= 0.3 is 0 Å². The third-order valence-electron chi connectivity index (χ3n) is 7.55. The largest absolute Gasteiger partial charge is 0.381 e. The predicted octanol–water partition coefficient (Wildman–Crippen LogP) is 3.22. The van der Waals surface area contributed by atoms with E-state index in [-0.39, 0.29) is 16.7 Å². The second kappa shape index (κ2) is 10.1. The fraction of sp³-hybridized carbons (Fsp3) is 0.560. The highest BCUT2D eigenvalue weighted by atomic mass is 35.5. The summed E-state index contributed by atoms with van der Waals surface area (Å²) in [7, 11) is -3.61. The molecule has 2 aromatic carbocycles. The molecule has 0 aliphatic carbocycles. The lowest BCUT2D eigenvalue weighted by Crippen LogP contribution is -2.53. The van der Waals surface area contributed by atoms with Crippen LogP contribution in [0.1, 0.15) is 25.7 Å². The molecular weight excluding hydrogens is 474 g/mol. The molecule has 0 radical (unpaired) electrons. The number of piperazine rings is 1. The number of halogens is 1. The standard InChI is InChI=1S/C25H32ClN3O4S/c26-22-3-1-21-18-24(4-2-20(21)17-22)34(31,32)29-13-11-28(12-14-29)25(30)19-5-9-27(10-6-19)23-7-15-33-16-8-23/h1-4,17-19,23H,5-16H2. The summed E-state index contributed by atoms with van der Waals surface area (Å²) in [6.45, 7) is 5.14. The van der Waals surface area contributed by atoms with E-state index >= 15 is 0 Å². The van der Waals surface area contributed by atoms with Crippen LogP contribution in [0.2, 0.25) is 5.02 Å².